The molecule has 0 aliphatic heterocycles. The van der Waals surface area contributed by atoms with Gasteiger partial charge in [-0.15, -0.1) is 0 Å². The summed E-state index contributed by atoms with van der Waals surface area (Å²) in [6, 6.07) is -1.02. The first-order valence-corrected chi connectivity index (χ1v) is 9.66. The average molecular weight is 351 g/mol. The molecule has 23 heavy (non-hydrogen) atoms. The normalized spacial score (nSPS) is 13.1. The van der Waals surface area contributed by atoms with Crippen LogP contribution in [0, 0.1) is 0 Å². The minimum atomic E-state index is -3.38. The monoisotopic (exact) mass is 351 g/mol. The predicted molar refractivity (Wildman–Crippen MR) is 85.7 cm³/mol. The van der Waals surface area contributed by atoms with E-state index in [0.29, 0.717) is 26.4 Å². The number of ether oxygens (including phenoxy) is 1. The fourth-order valence-corrected chi connectivity index (χ4v) is 5.06. The summed E-state index contributed by atoms with van der Waals surface area (Å²) < 4.78 is 23.9. The van der Waals surface area contributed by atoms with Gasteiger partial charge in [0.05, 0.1) is 13.0 Å². The number of aliphatic carboxylic acids is 1. The minimum absolute atomic E-state index is 0.166. The van der Waals surface area contributed by atoms with Crippen molar-refractivity contribution < 1.29 is 32.7 Å². The lowest BCUT2D eigenvalue weighted by Crippen LogP contribution is -2.66. The smallest absolute Gasteiger partial charge is 0.481 e. The van der Waals surface area contributed by atoms with Crippen molar-refractivity contribution in [1.29, 1.82) is 0 Å². The van der Waals surface area contributed by atoms with E-state index in [-0.39, 0.29) is 6.61 Å². The summed E-state index contributed by atoms with van der Waals surface area (Å²) in [5.74, 6) is -1.72. The van der Waals surface area contributed by atoms with Crippen LogP contribution in [0.2, 0.25) is 0 Å². The van der Waals surface area contributed by atoms with Crippen LogP contribution in [0.5, 0.6) is 0 Å². The number of carboxylic acids is 1. The second-order valence-corrected chi connectivity index (χ2v) is 6.96. The summed E-state index contributed by atoms with van der Waals surface area (Å²) in [5.41, 5.74) is 0. The molecule has 0 heterocycles. The van der Waals surface area contributed by atoms with Crippen LogP contribution in [0.4, 0.5) is 0 Å². The zero-order valence-corrected chi connectivity index (χ0v) is 15.7. The zero-order chi connectivity index (χ0) is 17.9. The lowest BCUT2D eigenvalue weighted by Gasteiger charge is -2.40. The predicted octanol–water partition coefficient (Wildman–Crippen LogP) is 1.26. The molecular formula is C14H29NO7Si. The Morgan fingerprint density at radius 3 is 1.74 bits per heavy atom. The van der Waals surface area contributed by atoms with Crippen molar-refractivity contribution in [3.63, 3.8) is 0 Å². The fraction of sp³-hybridized carbons (Fsp3) is 0.857. The molecule has 0 aliphatic rings. The quantitative estimate of drug-likeness (QED) is 0.391. The molecule has 0 fully saturated rings. The molecule has 1 atom stereocenters. The lowest BCUT2D eigenvalue weighted by atomic mass is 10.2. The third kappa shape index (κ3) is 6.56. The van der Waals surface area contributed by atoms with Crippen molar-refractivity contribution in [2.75, 3.05) is 33.0 Å². The summed E-state index contributed by atoms with van der Waals surface area (Å²) in [7, 11) is -3.38. The summed E-state index contributed by atoms with van der Waals surface area (Å²) in [6.45, 7) is 10.3. The number of carbonyl (C=O) groups excluding carboxylic acids is 1. The summed E-state index contributed by atoms with van der Waals surface area (Å²) >= 11 is 0. The Balaban J connectivity index is 5.73. The number of rotatable bonds is 13. The lowest BCUT2D eigenvalue weighted by molar-refractivity contribution is -0.154. The van der Waals surface area contributed by atoms with Crippen molar-refractivity contribution in [2.45, 2.75) is 47.1 Å². The maximum absolute atomic E-state index is 12.3. The molecule has 0 aliphatic carbocycles. The van der Waals surface area contributed by atoms with E-state index < -0.39 is 33.4 Å². The number of hydrogen-bond donors (Lipinski definition) is 1. The number of likely N-dealkylation sites (N-methyl/N-ethyl adjacent to an activating group) is 1. The molecule has 1 unspecified atom stereocenters. The molecule has 0 spiro atoms. The van der Waals surface area contributed by atoms with Gasteiger partial charge in [-0.25, -0.2) is 4.57 Å². The third-order valence-corrected chi connectivity index (χ3v) is 6.27. The van der Waals surface area contributed by atoms with Gasteiger partial charge in [0.2, 0.25) is 0 Å². The van der Waals surface area contributed by atoms with Gasteiger partial charge in [-0.3, -0.25) is 9.59 Å². The van der Waals surface area contributed by atoms with E-state index in [1.54, 1.807) is 39.2 Å². The van der Waals surface area contributed by atoms with Crippen molar-refractivity contribution in [1.82, 2.24) is 4.57 Å². The average Bonchev–Trinajstić information content (AvgIpc) is 2.47. The maximum atomic E-state index is 12.3. The minimum Gasteiger partial charge on any atom is -0.481 e. The molecule has 136 valence electrons. The fourth-order valence-electron chi connectivity index (χ4n) is 2.25. The molecule has 0 rings (SSSR count). The van der Waals surface area contributed by atoms with Gasteiger partial charge >= 0.3 is 20.9 Å². The first-order chi connectivity index (χ1) is 10.9. The highest BCUT2D eigenvalue weighted by atomic mass is 28.4. The molecule has 0 amide bonds. The Hall–Kier alpha value is -1.00. The van der Waals surface area contributed by atoms with Gasteiger partial charge in [0.1, 0.15) is 6.04 Å². The van der Waals surface area contributed by atoms with E-state index in [9.17, 15) is 9.59 Å². The van der Waals surface area contributed by atoms with Gasteiger partial charge in [-0.1, -0.05) is 6.92 Å². The molecule has 0 aromatic rings. The highest BCUT2D eigenvalue weighted by Gasteiger charge is 2.53. The van der Waals surface area contributed by atoms with Gasteiger partial charge in [-0.05, 0) is 34.2 Å². The summed E-state index contributed by atoms with van der Waals surface area (Å²) in [5, 5.41) is 9.16. The Bertz CT molecular complexity index is 350. The highest BCUT2D eigenvalue weighted by Crippen LogP contribution is 2.22. The molecular weight excluding hydrogens is 322 g/mol. The molecule has 0 aromatic heterocycles. The largest absolute Gasteiger partial charge is 0.600 e. The molecule has 8 nitrogen and oxygen atoms in total. The first-order valence-electron chi connectivity index (χ1n) is 7.99. The van der Waals surface area contributed by atoms with E-state index >= 15 is 0 Å². The number of esters is 1. The molecule has 0 saturated heterocycles. The Morgan fingerprint density at radius 2 is 1.43 bits per heavy atom. The van der Waals surface area contributed by atoms with E-state index in [4.69, 9.17) is 23.1 Å². The topological polar surface area (TPSA) is 94.5 Å². The zero-order valence-electron chi connectivity index (χ0n) is 14.7. The Morgan fingerprint density at radius 1 is 0.957 bits per heavy atom. The van der Waals surface area contributed by atoms with Crippen LogP contribution in [-0.2, 0) is 27.6 Å². The van der Waals surface area contributed by atoms with E-state index in [0.717, 1.165) is 0 Å². The van der Waals surface area contributed by atoms with Crippen molar-refractivity contribution in [2.24, 2.45) is 0 Å². The molecule has 9 heteroatoms. The van der Waals surface area contributed by atoms with Crippen molar-refractivity contribution >= 4 is 20.9 Å². The SMILES string of the molecule is CCOC(=O)C(CC(=O)O)N(CC)[Si](OCC)(OCC)OCC. The van der Waals surface area contributed by atoms with E-state index in [1.807, 2.05) is 0 Å². The maximum Gasteiger partial charge on any atom is 0.600 e. The van der Waals surface area contributed by atoms with Crippen molar-refractivity contribution in [3.05, 3.63) is 0 Å². The molecule has 0 bridgehead atoms. The highest BCUT2D eigenvalue weighted by molar-refractivity contribution is 6.58. The van der Waals surface area contributed by atoms with Gasteiger partial charge < -0.3 is 23.1 Å². The van der Waals surface area contributed by atoms with Gasteiger partial charge in [0, 0.05) is 19.8 Å². The second-order valence-electron chi connectivity index (χ2n) is 4.47. The van der Waals surface area contributed by atoms with Crippen LogP contribution in [-0.4, -0.2) is 69.6 Å². The second kappa shape index (κ2) is 11.5. The van der Waals surface area contributed by atoms with E-state index in [2.05, 4.69) is 0 Å². The van der Waals surface area contributed by atoms with E-state index in [1.165, 1.54) is 0 Å². The Kier molecular flexibility index (Phi) is 11.0. The van der Waals surface area contributed by atoms with Crippen LogP contribution < -0.4 is 0 Å². The number of carboxylic acid groups (broad SMARTS) is 1. The number of carbonyl (C=O) groups is 2. The molecule has 0 saturated carbocycles. The molecule has 1 N–H and O–H groups in total. The standard InChI is InChI=1S/C14H29NO7Si/c1-6-15(12(11-13(16)17)14(18)19-7-2)23(20-8-3,21-9-4)22-10-5/h12H,6-11H2,1-5H3,(H,16,17). The third-order valence-electron chi connectivity index (χ3n) is 2.98. The number of nitrogens with zero attached hydrogens (tertiary/aromatic N) is 1. The number of hydrogen-bond acceptors (Lipinski definition) is 7. The van der Waals surface area contributed by atoms with Crippen LogP contribution in [0.15, 0.2) is 0 Å². The van der Waals surface area contributed by atoms with Crippen LogP contribution in [0.3, 0.4) is 0 Å². The van der Waals surface area contributed by atoms with Crippen LogP contribution in [0.25, 0.3) is 0 Å². The van der Waals surface area contributed by atoms with Gasteiger partial charge in [0.25, 0.3) is 0 Å². The van der Waals surface area contributed by atoms with Gasteiger partial charge in [-0.2, -0.15) is 0 Å². The first kappa shape index (κ1) is 22.0. The van der Waals surface area contributed by atoms with Crippen LogP contribution in [0.1, 0.15) is 41.0 Å². The molecule has 0 aromatic carbocycles. The Labute approximate surface area is 139 Å². The summed E-state index contributed by atoms with van der Waals surface area (Å²) in [6.07, 6.45) is -0.408. The van der Waals surface area contributed by atoms with Crippen molar-refractivity contribution in [3.8, 4) is 0 Å². The molecule has 0 radical (unpaired) electrons. The summed E-state index contributed by atoms with van der Waals surface area (Å²) in [4.78, 5) is 23.5. The van der Waals surface area contributed by atoms with Crippen LogP contribution >= 0.6 is 0 Å². The van der Waals surface area contributed by atoms with Gasteiger partial charge in [0.15, 0.2) is 0 Å².